The fourth-order valence-corrected chi connectivity index (χ4v) is 6.64. The summed E-state index contributed by atoms with van der Waals surface area (Å²) in [6, 6.07) is 27.5. The van der Waals surface area contributed by atoms with Gasteiger partial charge in [-0.3, -0.25) is 13.9 Å². The van der Waals surface area contributed by atoms with E-state index in [1.54, 1.807) is 79.7 Å². The molecular weight excluding hydrogens is 633 g/mol. The third-order valence-electron chi connectivity index (χ3n) is 7.04. The number of nitrogens with zero attached hydrogens (tertiary/aromatic N) is 2. The molecule has 0 aromatic heterocycles. The number of halogens is 2. The maximum Gasteiger partial charge on any atom is 0.264 e. The second kappa shape index (κ2) is 15.8. The molecule has 0 heterocycles. The largest absolute Gasteiger partial charge is 0.457 e. The van der Waals surface area contributed by atoms with Gasteiger partial charge in [-0.15, -0.1) is 0 Å². The lowest BCUT2D eigenvalue weighted by Crippen LogP contribution is -2.52. The van der Waals surface area contributed by atoms with Gasteiger partial charge >= 0.3 is 0 Å². The maximum atomic E-state index is 14.2. The zero-order chi connectivity index (χ0) is 32.4. The summed E-state index contributed by atoms with van der Waals surface area (Å²) in [6.07, 6.45) is 0.986. The van der Waals surface area contributed by atoms with E-state index < -0.39 is 28.5 Å². The lowest BCUT2D eigenvalue weighted by Gasteiger charge is -2.33. The average Bonchev–Trinajstić information content (AvgIpc) is 3.05. The highest BCUT2D eigenvalue weighted by molar-refractivity contribution is 7.92. The van der Waals surface area contributed by atoms with E-state index in [4.69, 9.17) is 27.9 Å². The molecule has 45 heavy (non-hydrogen) atoms. The number of rotatable bonds is 14. The fourth-order valence-electron chi connectivity index (χ4n) is 4.69. The highest BCUT2D eigenvalue weighted by Gasteiger charge is 2.34. The van der Waals surface area contributed by atoms with Crippen molar-refractivity contribution < 1.29 is 22.7 Å². The topological polar surface area (TPSA) is 96.0 Å². The normalized spacial score (nSPS) is 11.8. The van der Waals surface area contributed by atoms with Gasteiger partial charge in [0.1, 0.15) is 24.1 Å². The number of hydrogen-bond donors (Lipinski definition) is 1. The minimum Gasteiger partial charge on any atom is -0.457 e. The first-order chi connectivity index (χ1) is 21.6. The van der Waals surface area contributed by atoms with E-state index in [1.807, 2.05) is 25.1 Å². The third kappa shape index (κ3) is 8.57. The molecule has 11 heteroatoms. The standard InChI is InChI=1S/C34H35Cl2N3O5S/c1-3-22-37-34(41)32(4-2)38(23-29-30(35)16-11-17-31(29)36)33(40)24-39(45(42,43)28-14-9-6-10-15-28)25-18-20-27(21-19-25)44-26-12-7-5-8-13-26/h5-21,32H,3-4,22-24H2,1-2H3,(H,37,41)/t32-/m0/s1. The summed E-state index contributed by atoms with van der Waals surface area (Å²) in [4.78, 5) is 28.9. The molecule has 1 atom stereocenters. The van der Waals surface area contributed by atoms with Crippen LogP contribution in [0, 0.1) is 0 Å². The van der Waals surface area contributed by atoms with Crippen molar-refractivity contribution in [3.05, 3.63) is 119 Å². The smallest absolute Gasteiger partial charge is 0.264 e. The molecule has 4 rings (SSSR count). The highest BCUT2D eigenvalue weighted by atomic mass is 35.5. The van der Waals surface area contributed by atoms with Gasteiger partial charge in [0.2, 0.25) is 11.8 Å². The van der Waals surface area contributed by atoms with Crippen LogP contribution in [0.3, 0.4) is 0 Å². The Morgan fingerprint density at radius 2 is 1.38 bits per heavy atom. The Hall–Kier alpha value is -4.05. The highest BCUT2D eigenvalue weighted by Crippen LogP contribution is 2.30. The summed E-state index contributed by atoms with van der Waals surface area (Å²) in [6.45, 7) is 3.45. The van der Waals surface area contributed by atoms with Crippen molar-refractivity contribution in [2.75, 3.05) is 17.4 Å². The number of amides is 2. The van der Waals surface area contributed by atoms with Gasteiger partial charge in [0.15, 0.2) is 0 Å². The number of carbonyl (C=O) groups is 2. The van der Waals surface area contributed by atoms with Crippen LogP contribution in [-0.4, -0.2) is 44.3 Å². The van der Waals surface area contributed by atoms with Crippen LogP contribution in [0.2, 0.25) is 10.0 Å². The summed E-state index contributed by atoms with van der Waals surface area (Å²) >= 11 is 13.0. The van der Waals surface area contributed by atoms with E-state index in [0.717, 1.165) is 4.31 Å². The predicted molar refractivity (Wildman–Crippen MR) is 178 cm³/mol. The first kappa shape index (κ1) is 33.8. The molecule has 2 amide bonds. The minimum atomic E-state index is -4.22. The van der Waals surface area contributed by atoms with Crippen molar-refractivity contribution in [2.24, 2.45) is 0 Å². The first-order valence-corrected chi connectivity index (χ1v) is 16.8. The van der Waals surface area contributed by atoms with Gasteiger partial charge in [0.05, 0.1) is 10.6 Å². The van der Waals surface area contributed by atoms with Gasteiger partial charge in [-0.2, -0.15) is 0 Å². The molecule has 0 fully saturated rings. The van der Waals surface area contributed by atoms with Crippen LogP contribution in [0.25, 0.3) is 0 Å². The van der Waals surface area contributed by atoms with Crippen molar-refractivity contribution in [1.82, 2.24) is 10.2 Å². The van der Waals surface area contributed by atoms with Gasteiger partial charge in [-0.1, -0.05) is 79.5 Å². The van der Waals surface area contributed by atoms with E-state index >= 15 is 0 Å². The van der Waals surface area contributed by atoms with Crippen LogP contribution >= 0.6 is 23.2 Å². The molecule has 236 valence electrons. The Morgan fingerprint density at radius 3 is 1.96 bits per heavy atom. The van der Waals surface area contributed by atoms with Crippen LogP contribution in [-0.2, 0) is 26.2 Å². The van der Waals surface area contributed by atoms with Crippen molar-refractivity contribution in [2.45, 2.75) is 44.2 Å². The van der Waals surface area contributed by atoms with Crippen molar-refractivity contribution in [3.63, 3.8) is 0 Å². The third-order valence-corrected chi connectivity index (χ3v) is 9.54. The molecule has 4 aromatic rings. The Kier molecular flexibility index (Phi) is 11.9. The first-order valence-electron chi connectivity index (χ1n) is 14.6. The molecule has 0 aliphatic rings. The van der Waals surface area contributed by atoms with E-state index in [2.05, 4.69) is 5.32 Å². The lowest BCUT2D eigenvalue weighted by molar-refractivity contribution is -0.140. The molecule has 0 aliphatic heterocycles. The molecule has 4 aromatic carbocycles. The van der Waals surface area contributed by atoms with E-state index in [0.29, 0.717) is 40.1 Å². The van der Waals surface area contributed by atoms with Crippen LogP contribution < -0.4 is 14.4 Å². The van der Waals surface area contributed by atoms with Crippen molar-refractivity contribution >= 4 is 50.7 Å². The van der Waals surface area contributed by atoms with Crippen LogP contribution in [0.15, 0.2) is 108 Å². The number of benzene rings is 4. The van der Waals surface area contributed by atoms with Gasteiger partial charge in [0.25, 0.3) is 10.0 Å². The fraction of sp³-hybridized carbons (Fsp3) is 0.235. The van der Waals surface area contributed by atoms with Gasteiger partial charge in [-0.25, -0.2) is 8.42 Å². The Bertz CT molecular complexity index is 1670. The summed E-state index contributed by atoms with van der Waals surface area (Å²) in [5.74, 6) is 0.154. The molecule has 0 bridgehead atoms. The Labute approximate surface area is 274 Å². The number of sulfonamides is 1. The zero-order valence-corrected chi connectivity index (χ0v) is 27.4. The van der Waals surface area contributed by atoms with E-state index in [1.165, 1.54) is 17.0 Å². The van der Waals surface area contributed by atoms with E-state index in [-0.39, 0.29) is 29.5 Å². The van der Waals surface area contributed by atoms with Gasteiger partial charge < -0.3 is 15.0 Å². The summed E-state index contributed by atoms with van der Waals surface area (Å²) < 4.78 is 35.0. The molecule has 8 nitrogen and oxygen atoms in total. The van der Waals surface area contributed by atoms with Crippen LogP contribution in [0.1, 0.15) is 32.3 Å². The molecule has 0 spiro atoms. The molecule has 0 saturated heterocycles. The maximum absolute atomic E-state index is 14.2. The van der Waals surface area contributed by atoms with Crippen molar-refractivity contribution in [1.29, 1.82) is 0 Å². The minimum absolute atomic E-state index is 0.0100. The Morgan fingerprint density at radius 1 is 0.800 bits per heavy atom. The lowest BCUT2D eigenvalue weighted by atomic mass is 10.1. The monoisotopic (exact) mass is 667 g/mol. The van der Waals surface area contributed by atoms with Crippen LogP contribution in [0.5, 0.6) is 11.5 Å². The molecule has 0 unspecified atom stereocenters. The summed E-state index contributed by atoms with van der Waals surface area (Å²) in [7, 11) is -4.22. The number of anilines is 1. The zero-order valence-electron chi connectivity index (χ0n) is 25.0. The van der Waals surface area contributed by atoms with Crippen molar-refractivity contribution in [3.8, 4) is 11.5 Å². The average molecular weight is 669 g/mol. The molecule has 0 aliphatic carbocycles. The second-order valence-corrected chi connectivity index (χ2v) is 12.8. The van der Waals surface area contributed by atoms with Crippen LogP contribution in [0.4, 0.5) is 5.69 Å². The Balaban J connectivity index is 1.73. The molecular formula is C34H35Cl2N3O5S. The van der Waals surface area contributed by atoms with Gasteiger partial charge in [0, 0.05) is 28.7 Å². The number of hydrogen-bond acceptors (Lipinski definition) is 5. The molecule has 0 radical (unpaired) electrons. The second-order valence-electron chi connectivity index (χ2n) is 10.2. The quantitative estimate of drug-likeness (QED) is 0.152. The van der Waals surface area contributed by atoms with E-state index in [9.17, 15) is 18.0 Å². The summed E-state index contributed by atoms with van der Waals surface area (Å²) in [5, 5.41) is 3.51. The number of nitrogens with one attached hydrogen (secondary N) is 1. The molecule has 1 N–H and O–H groups in total. The number of carbonyl (C=O) groups excluding carboxylic acids is 2. The SMILES string of the molecule is CCCNC(=O)[C@H](CC)N(Cc1c(Cl)cccc1Cl)C(=O)CN(c1ccc(Oc2ccccc2)cc1)S(=O)(=O)c1ccccc1. The van der Waals surface area contributed by atoms with Gasteiger partial charge in [-0.05, 0) is 73.5 Å². The number of ether oxygens (including phenoxy) is 1. The predicted octanol–water partition coefficient (Wildman–Crippen LogP) is 7.31. The summed E-state index contributed by atoms with van der Waals surface area (Å²) in [5.41, 5.74) is 0.697. The number of para-hydroxylation sites is 1. The molecule has 0 saturated carbocycles.